The third-order valence-electron chi connectivity index (χ3n) is 5.45. The van der Waals surface area contributed by atoms with E-state index in [0.717, 1.165) is 0 Å². The Labute approximate surface area is 160 Å². The lowest BCUT2D eigenvalue weighted by molar-refractivity contribution is 1.76. The van der Waals surface area contributed by atoms with Crippen LogP contribution in [0.2, 0.25) is 0 Å². The zero-order valence-corrected chi connectivity index (χ0v) is 15.5. The Morgan fingerprint density at radius 1 is 0.407 bits per heavy atom. The average molecular weight is 361 g/mol. The molecule has 0 aliphatic heterocycles. The molecule has 0 radical (unpaired) electrons. The van der Waals surface area contributed by atoms with Gasteiger partial charge in [0.05, 0.1) is 10.8 Å². The fraction of sp³-hybridized carbons (Fsp3) is 0. The van der Waals surface area contributed by atoms with E-state index >= 15 is 0 Å². The van der Waals surface area contributed by atoms with Crippen LogP contribution in [-0.2, 0) is 0 Å². The van der Waals surface area contributed by atoms with E-state index < -0.39 is 0 Å². The Hall–Kier alpha value is -3.16. The highest BCUT2D eigenvalue weighted by Gasteiger charge is 2.26. The molecule has 0 aliphatic rings. The largest absolute Gasteiger partial charge is 0.188 e. The van der Waals surface area contributed by atoms with Gasteiger partial charge in [0.25, 0.3) is 0 Å². The van der Waals surface area contributed by atoms with Crippen LogP contribution in [0.5, 0.6) is 0 Å². The molecular formula is C26H17S+. The first kappa shape index (κ1) is 15.0. The van der Waals surface area contributed by atoms with Gasteiger partial charge in [-0.05, 0) is 57.9 Å². The van der Waals surface area contributed by atoms with Crippen molar-refractivity contribution in [1.82, 2.24) is 0 Å². The number of fused-ring (bicyclic) bond motifs is 7. The van der Waals surface area contributed by atoms with Crippen LogP contribution in [0.1, 0.15) is 0 Å². The summed E-state index contributed by atoms with van der Waals surface area (Å²) in [5.74, 6) is 0. The molecule has 0 N–H and O–H groups in total. The fourth-order valence-corrected chi connectivity index (χ4v) is 6.70. The number of hydrogen-bond acceptors (Lipinski definition) is 0. The van der Waals surface area contributed by atoms with E-state index in [1.54, 1.807) is 0 Å². The summed E-state index contributed by atoms with van der Waals surface area (Å²) in [6.45, 7) is 0. The van der Waals surface area contributed by atoms with Crippen molar-refractivity contribution in [2.75, 3.05) is 0 Å². The molecule has 1 aromatic heterocycles. The van der Waals surface area contributed by atoms with Crippen LogP contribution in [-0.4, -0.2) is 0 Å². The van der Waals surface area contributed by atoms with Crippen molar-refractivity contribution in [2.24, 2.45) is 0 Å². The molecule has 0 saturated carbocycles. The highest BCUT2D eigenvalue weighted by Crippen LogP contribution is 2.51. The first-order valence-electron chi connectivity index (χ1n) is 9.25. The minimum Gasteiger partial charge on any atom is -0.0619 e. The molecule has 5 aromatic carbocycles. The molecule has 6 aromatic rings. The SMILES string of the molecule is c1ccc(-[s+]2c3ccc4ccccc4c3c3c4ccccc4ccc32)cc1. The molecule has 126 valence electrons. The summed E-state index contributed by atoms with van der Waals surface area (Å²) in [5.41, 5.74) is 0. The van der Waals surface area contributed by atoms with Gasteiger partial charge < -0.3 is 0 Å². The van der Waals surface area contributed by atoms with Crippen LogP contribution in [0.4, 0.5) is 0 Å². The molecule has 6 rings (SSSR count). The number of thiophene rings is 1. The first-order valence-corrected chi connectivity index (χ1v) is 10.5. The van der Waals surface area contributed by atoms with Crippen molar-refractivity contribution >= 4 is 52.2 Å². The van der Waals surface area contributed by atoms with E-state index in [2.05, 4.69) is 103 Å². The molecule has 0 saturated heterocycles. The molecule has 0 spiro atoms. The van der Waals surface area contributed by atoms with Gasteiger partial charge in [0, 0.05) is 10.5 Å². The summed E-state index contributed by atoms with van der Waals surface area (Å²) in [4.78, 5) is 1.39. The van der Waals surface area contributed by atoms with Crippen molar-refractivity contribution in [2.45, 2.75) is 0 Å². The highest BCUT2D eigenvalue weighted by atomic mass is 32.2. The maximum atomic E-state index is 2.35. The molecule has 27 heavy (non-hydrogen) atoms. The summed E-state index contributed by atoms with van der Waals surface area (Å²) in [6, 6.07) is 37.8. The second-order valence-corrected chi connectivity index (χ2v) is 8.90. The Morgan fingerprint density at radius 2 is 0.889 bits per heavy atom. The van der Waals surface area contributed by atoms with Gasteiger partial charge in [-0.25, -0.2) is 0 Å². The average Bonchev–Trinajstić information content (AvgIpc) is 3.09. The van der Waals surface area contributed by atoms with E-state index in [-0.39, 0.29) is 10.5 Å². The summed E-state index contributed by atoms with van der Waals surface area (Å²) >= 11 is 0. The fourth-order valence-electron chi connectivity index (χ4n) is 4.29. The van der Waals surface area contributed by atoms with E-state index in [9.17, 15) is 0 Å². The maximum Gasteiger partial charge on any atom is 0.188 e. The molecule has 0 amide bonds. The predicted molar refractivity (Wildman–Crippen MR) is 120 cm³/mol. The standard InChI is InChI=1S/C26H17S/c1-2-10-20(11-3-1)27-23-16-14-18-8-4-6-12-21(18)25(23)26-22-13-7-5-9-19(22)15-17-24(26)27/h1-17H/q+1. The monoisotopic (exact) mass is 361 g/mol. The van der Waals surface area contributed by atoms with Crippen LogP contribution in [0, 0.1) is 0 Å². The van der Waals surface area contributed by atoms with Crippen molar-refractivity contribution in [3.05, 3.63) is 103 Å². The van der Waals surface area contributed by atoms with Crippen molar-refractivity contribution in [1.29, 1.82) is 0 Å². The lowest BCUT2D eigenvalue weighted by Gasteiger charge is -2.00. The summed E-state index contributed by atoms with van der Waals surface area (Å²) in [7, 11) is -0.0526. The first-order chi connectivity index (χ1) is 13.4. The molecule has 0 fully saturated rings. The molecule has 1 heterocycles. The van der Waals surface area contributed by atoms with Gasteiger partial charge in [-0.3, -0.25) is 0 Å². The molecule has 0 unspecified atom stereocenters. The second-order valence-electron chi connectivity index (χ2n) is 6.94. The van der Waals surface area contributed by atoms with Crippen LogP contribution >= 0.6 is 10.5 Å². The topological polar surface area (TPSA) is 0 Å². The molecule has 0 atom stereocenters. The molecule has 1 heteroatoms. The van der Waals surface area contributed by atoms with Crippen LogP contribution in [0.3, 0.4) is 0 Å². The summed E-state index contributed by atoms with van der Waals surface area (Å²) in [5, 5.41) is 8.19. The van der Waals surface area contributed by atoms with Crippen LogP contribution in [0.25, 0.3) is 46.6 Å². The van der Waals surface area contributed by atoms with Crippen molar-refractivity contribution in [3.63, 3.8) is 0 Å². The third kappa shape index (κ3) is 2.09. The quantitative estimate of drug-likeness (QED) is 0.260. The maximum absolute atomic E-state index is 2.35. The Bertz CT molecular complexity index is 1360. The zero-order chi connectivity index (χ0) is 17.8. The second kappa shape index (κ2) is 5.67. The lowest BCUT2D eigenvalue weighted by Crippen LogP contribution is -1.76. The van der Waals surface area contributed by atoms with E-state index in [4.69, 9.17) is 0 Å². The van der Waals surface area contributed by atoms with Gasteiger partial charge in [-0.1, -0.05) is 66.7 Å². The highest BCUT2D eigenvalue weighted by molar-refractivity contribution is 7.50. The predicted octanol–water partition coefficient (Wildman–Crippen LogP) is 8.04. The minimum atomic E-state index is -0.0526. The Balaban J connectivity index is 1.96. The molecule has 0 nitrogen and oxygen atoms in total. The van der Waals surface area contributed by atoms with Gasteiger partial charge in [-0.15, -0.1) is 0 Å². The van der Waals surface area contributed by atoms with Crippen LogP contribution in [0.15, 0.2) is 103 Å². The van der Waals surface area contributed by atoms with Gasteiger partial charge in [-0.2, -0.15) is 0 Å². The number of hydrogen-bond donors (Lipinski definition) is 0. The van der Waals surface area contributed by atoms with Crippen molar-refractivity contribution < 1.29 is 0 Å². The minimum absolute atomic E-state index is 0.0526. The Kier molecular flexibility index (Phi) is 3.14. The molecule has 0 aliphatic carbocycles. The molecular weight excluding hydrogens is 344 g/mol. The van der Waals surface area contributed by atoms with E-state index in [1.165, 1.54) is 46.6 Å². The van der Waals surface area contributed by atoms with E-state index in [1.807, 2.05) is 0 Å². The zero-order valence-electron chi connectivity index (χ0n) is 14.7. The normalized spacial score (nSPS) is 11.7. The number of benzene rings is 5. The van der Waals surface area contributed by atoms with Crippen LogP contribution < -0.4 is 0 Å². The Morgan fingerprint density at radius 3 is 1.44 bits per heavy atom. The third-order valence-corrected chi connectivity index (χ3v) is 7.75. The van der Waals surface area contributed by atoms with Gasteiger partial charge in [0.1, 0.15) is 0 Å². The molecule has 0 bridgehead atoms. The van der Waals surface area contributed by atoms with Gasteiger partial charge in [0.2, 0.25) is 0 Å². The summed E-state index contributed by atoms with van der Waals surface area (Å²) in [6.07, 6.45) is 0. The van der Waals surface area contributed by atoms with Gasteiger partial charge in [0.15, 0.2) is 14.3 Å². The van der Waals surface area contributed by atoms with Crippen molar-refractivity contribution in [3.8, 4) is 4.90 Å². The van der Waals surface area contributed by atoms with Gasteiger partial charge >= 0.3 is 0 Å². The van der Waals surface area contributed by atoms with E-state index in [0.29, 0.717) is 0 Å². The lowest BCUT2D eigenvalue weighted by atomic mass is 10.00. The smallest absolute Gasteiger partial charge is 0.0619 e. The number of rotatable bonds is 1. The summed E-state index contributed by atoms with van der Waals surface area (Å²) < 4.78 is 2.90.